The van der Waals surface area contributed by atoms with Crippen molar-refractivity contribution in [2.45, 2.75) is 19.1 Å². The van der Waals surface area contributed by atoms with Crippen LogP contribution >= 0.6 is 12.4 Å². The van der Waals surface area contributed by atoms with Gasteiger partial charge in [-0.3, -0.25) is 0 Å². The number of aliphatic hydroxyl groups excluding tert-OH is 1. The summed E-state index contributed by atoms with van der Waals surface area (Å²) < 4.78 is 5.22. The van der Waals surface area contributed by atoms with Crippen LogP contribution in [0.1, 0.15) is 24.0 Å². The van der Waals surface area contributed by atoms with Crippen LogP contribution in [-0.2, 0) is 6.61 Å². The van der Waals surface area contributed by atoms with Crippen molar-refractivity contribution in [1.82, 2.24) is 0 Å². The van der Waals surface area contributed by atoms with E-state index in [9.17, 15) is 0 Å². The van der Waals surface area contributed by atoms with Gasteiger partial charge in [0.2, 0.25) is 0 Å². The van der Waals surface area contributed by atoms with Gasteiger partial charge >= 0.3 is 0 Å². The summed E-state index contributed by atoms with van der Waals surface area (Å²) in [7, 11) is 0. The molecule has 5 heteroatoms. The smallest absolute Gasteiger partial charge is 0.129 e. The SMILES string of the molecule is Cl.NCC[C@H](N)c1ccc(CO)o1. The fraction of sp³-hybridized carbons (Fsp3) is 0.500. The first-order chi connectivity index (χ1) is 5.77. The predicted octanol–water partition coefficient (Wildman–Crippen LogP) is 0.542. The molecule has 0 saturated carbocycles. The average molecular weight is 207 g/mol. The molecule has 1 heterocycles. The molecule has 1 atom stereocenters. The normalized spacial score (nSPS) is 12.2. The molecule has 0 fully saturated rings. The molecule has 1 aromatic heterocycles. The van der Waals surface area contributed by atoms with E-state index >= 15 is 0 Å². The number of nitrogens with two attached hydrogens (primary N) is 2. The van der Waals surface area contributed by atoms with Gasteiger partial charge in [-0.2, -0.15) is 0 Å². The molecule has 0 saturated heterocycles. The molecule has 0 aliphatic carbocycles. The maximum absolute atomic E-state index is 8.70. The van der Waals surface area contributed by atoms with E-state index < -0.39 is 0 Å². The summed E-state index contributed by atoms with van der Waals surface area (Å²) in [5, 5.41) is 8.70. The molecule has 4 nitrogen and oxygen atoms in total. The quantitative estimate of drug-likeness (QED) is 0.672. The summed E-state index contributed by atoms with van der Waals surface area (Å²) in [4.78, 5) is 0. The zero-order valence-electron chi connectivity index (χ0n) is 7.27. The van der Waals surface area contributed by atoms with E-state index in [-0.39, 0.29) is 25.1 Å². The molecule has 0 aliphatic rings. The van der Waals surface area contributed by atoms with E-state index in [1.54, 1.807) is 12.1 Å². The molecule has 0 aromatic carbocycles. The number of hydrogen-bond acceptors (Lipinski definition) is 4. The van der Waals surface area contributed by atoms with Gasteiger partial charge in [-0.25, -0.2) is 0 Å². The van der Waals surface area contributed by atoms with Crippen LogP contribution in [-0.4, -0.2) is 11.7 Å². The minimum Gasteiger partial charge on any atom is -0.462 e. The van der Waals surface area contributed by atoms with Crippen LogP contribution in [0.4, 0.5) is 0 Å². The Morgan fingerprint density at radius 3 is 2.62 bits per heavy atom. The number of rotatable bonds is 4. The Labute approximate surface area is 83.3 Å². The Morgan fingerprint density at radius 2 is 2.15 bits per heavy atom. The van der Waals surface area contributed by atoms with Gasteiger partial charge in [0.25, 0.3) is 0 Å². The highest BCUT2D eigenvalue weighted by molar-refractivity contribution is 5.85. The molecular weight excluding hydrogens is 192 g/mol. The van der Waals surface area contributed by atoms with Crippen LogP contribution in [0, 0.1) is 0 Å². The topological polar surface area (TPSA) is 85.4 Å². The highest BCUT2D eigenvalue weighted by Crippen LogP contribution is 2.16. The van der Waals surface area contributed by atoms with E-state index in [4.69, 9.17) is 21.0 Å². The van der Waals surface area contributed by atoms with Crippen molar-refractivity contribution < 1.29 is 9.52 Å². The Bertz CT molecular complexity index is 240. The van der Waals surface area contributed by atoms with Crippen molar-refractivity contribution in [3.63, 3.8) is 0 Å². The number of aliphatic hydroxyl groups is 1. The lowest BCUT2D eigenvalue weighted by Crippen LogP contribution is -2.14. The number of furan rings is 1. The number of halogens is 1. The lowest BCUT2D eigenvalue weighted by atomic mass is 10.2. The first-order valence-electron chi connectivity index (χ1n) is 3.93. The molecule has 0 amide bonds. The fourth-order valence-corrected chi connectivity index (χ4v) is 1.00. The fourth-order valence-electron chi connectivity index (χ4n) is 1.00. The van der Waals surface area contributed by atoms with Gasteiger partial charge in [-0.15, -0.1) is 12.4 Å². The van der Waals surface area contributed by atoms with Crippen LogP contribution in [0.25, 0.3) is 0 Å². The van der Waals surface area contributed by atoms with Crippen LogP contribution in [0.3, 0.4) is 0 Å². The van der Waals surface area contributed by atoms with E-state index in [1.165, 1.54) is 0 Å². The van der Waals surface area contributed by atoms with Gasteiger partial charge < -0.3 is 21.0 Å². The molecule has 1 aromatic rings. The van der Waals surface area contributed by atoms with Crippen molar-refractivity contribution in [3.05, 3.63) is 23.7 Å². The molecule has 5 N–H and O–H groups in total. The van der Waals surface area contributed by atoms with Crippen molar-refractivity contribution >= 4 is 12.4 Å². The second-order valence-corrected chi connectivity index (χ2v) is 2.65. The van der Waals surface area contributed by atoms with Gasteiger partial charge in [0, 0.05) is 0 Å². The van der Waals surface area contributed by atoms with Crippen LogP contribution < -0.4 is 11.5 Å². The van der Waals surface area contributed by atoms with Crippen LogP contribution in [0.5, 0.6) is 0 Å². The maximum Gasteiger partial charge on any atom is 0.129 e. The monoisotopic (exact) mass is 206 g/mol. The summed E-state index contributed by atoms with van der Waals surface area (Å²) >= 11 is 0. The first-order valence-corrected chi connectivity index (χ1v) is 3.93. The molecular formula is C8H15ClN2O2. The summed E-state index contributed by atoms with van der Waals surface area (Å²) in [5.74, 6) is 1.22. The molecule has 0 unspecified atom stereocenters. The second-order valence-electron chi connectivity index (χ2n) is 2.65. The predicted molar refractivity (Wildman–Crippen MR) is 52.5 cm³/mol. The average Bonchev–Trinajstić information content (AvgIpc) is 2.52. The summed E-state index contributed by atoms with van der Waals surface area (Å²) in [6.07, 6.45) is 0.693. The zero-order valence-corrected chi connectivity index (χ0v) is 8.09. The minimum atomic E-state index is -0.157. The molecule has 1 rings (SSSR count). The molecule has 0 bridgehead atoms. The summed E-state index contributed by atoms with van der Waals surface area (Å²) in [6.45, 7) is 0.450. The lowest BCUT2D eigenvalue weighted by Gasteiger charge is -2.05. The Morgan fingerprint density at radius 1 is 1.46 bits per heavy atom. The summed E-state index contributed by atoms with van der Waals surface area (Å²) in [6, 6.07) is 3.33. The molecule has 0 spiro atoms. The highest BCUT2D eigenvalue weighted by Gasteiger charge is 2.09. The summed E-state index contributed by atoms with van der Waals surface area (Å²) in [5.41, 5.74) is 11.1. The van der Waals surface area contributed by atoms with E-state index in [0.29, 0.717) is 24.5 Å². The Kier molecular flexibility index (Phi) is 5.73. The third-order valence-corrected chi connectivity index (χ3v) is 1.68. The van der Waals surface area contributed by atoms with Crippen LogP contribution in [0.2, 0.25) is 0 Å². The van der Waals surface area contributed by atoms with Crippen molar-refractivity contribution in [2.75, 3.05) is 6.54 Å². The van der Waals surface area contributed by atoms with Gasteiger partial charge in [0.15, 0.2) is 0 Å². The van der Waals surface area contributed by atoms with Crippen LogP contribution in [0.15, 0.2) is 16.5 Å². The Hall–Kier alpha value is -0.550. The maximum atomic E-state index is 8.70. The van der Waals surface area contributed by atoms with E-state index in [2.05, 4.69) is 0 Å². The molecule has 0 radical (unpaired) electrons. The van der Waals surface area contributed by atoms with Gasteiger partial charge in [-0.05, 0) is 25.1 Å². The molecule has 13 heavy (non-hydrogen) atoms. The minimum absolute atomic E-state index is 0. The third-order valence-electron chi connectivity index (χ3n) is 1.68. The van der Waals surface area contributed by atoms with Crippen molar-refractivity contribution in [1.29, 1.82) is 0 Å². The van der Waals surface area contributed by atoms with E-state index in [0.717, 1.165) is 0 Å². The standard InChI is InChI=1S/C8H14N2O2.ClH/c9-4-3-7(10)8-2-1-6(5-11)12-8;/h1-2,7,11H,3-5,9-10H2;1H/t7-;/m0./s1. The number of hydrogen-bond donors (Lipinski definition) is 3. The Balaban J connectivity index is 0.00000144. The van der Waals surface area contributed by atoms with Crippen molar-refractivity contribution in [3.8, 4) is 0 Å². The largest absolute Gasteiger partial charge is 0.462 e. The molecule has 76 valence electrons. The van der Waals surface area contributed by atoms with Gasteiger partial charge in [-0.1, -0.05) is 0 Å². The van der Waals surface area contributed by atoms with Crippen molar-refractivity contribution in [2.24, 2.45) is 11.5 Å². The lowest BCUT2D eigenvalue weighted by molar-refractivity contribution is 0.241. The van der Waals surface area contributed by atoms with Gasteiger partial charge in [0.1, 0.15) is 18.1 Å². The first kappa shape index (κ1) is 12.4. The highest BCUT2D eigenvalue weighted by atomic mass is 35.5. The zero-order chi connectivity index (χ0) is 8.97. The van der Waals surface area contributed by atoms with E-state index in [1.807, 2.05) is 0 Å². The third kappa shape index (κ3) is 3.36. The molecule has 0 aliphatic heterocycles. The van der Waals surface area contributed by atoms with Gasteiger partial charge in [0.05, 0.1) is 6.04 Å². The second kappa shape index (κ2) is 5.99.